The smallest absolute Gasteiger partial charge is 0.134 e. The first-order chi connectivity index (χ1) is 9.04. The summed E-state index contributed by atoms with van der Waals surface area (Å²) in [5.74, 6) is -0.996. The minimum atomic E-state index is -0.517. The molecule has 0 aliphatic carbocycles. The van der Waals surface area contributed by atoms with E-state index in [4.69, 9.17) is 0 Å². The van der Waals surface area contributed by atoms with Gasteiger partial charge < -0.3 is 5.32 Å². The molecule has 2 rings (SSSR count). The predicted molar refractivity (Wildman–Crippen MR) is 78.6 cm³/mol. The number of rotatable bonds is 4. The maximum atomic E-state index is 14.2. The van der Waals surface area contributed by atoms with E-state index < -0.39 is 17.7 Å². The van der Waals surface area contributed by atoms with Crippen LogP contribution in [0.15, 0.2) is 27.4 Å². The topological polar surface area (TPSA) is 12.0 Å². The van der Waals surface area contributed by atoms with Crippen molar-refractivity contribution in [3.8, 4) is 0 Å². The molecule has 0 saturated carbocycles. The van der Waals surface area contributed by atoms with Crippen molar-refractivity contribution in [2.75, 3.05) is 6.54 Å². The van der Waals surface area contributed by atoms with Gasteiger partial charge in [-0.1, -0.05) is 13.0 Å². The number of halogens is 3. The Morgan fingerprint density at radius 3 is 2.68 bits per heavy atom. The Labute approximate surface area is 123 Å². The van der Waals surface area contributed by atoms with E-state index in [1.165, 1.54) is 23.5 Å². The molecule has 0 fully saturated rings. The summed E-state index contributed by atoms with van der Waals surface area (Å²) in [7, 11) is 0. The van der Waals surface area contributed by atoms with E-state index in [1.807, 2.05) is 18.4 Å². The first-order valence-corrected chi connectivity index (χ1v) is 7.63. The lowest BCUT2D eigenvalue weighted by Gasteiger charge is -2.19. The van der Waals surface area contributed by atoms with Crippen molar-refractivity contribution in [3.63, 3.8) is 0 Å². The van der Waals surface area contributed by atoms with Gasteiger partial charge >= 0.3 is 0 Å². The number of hydrogen-bond acceptors (Lipinski definition) is 2. The fourth-order valence-electron chi connectivity index (χ4n) is 2.01. The molecule has 19 heavy (non-hydrogen) atoms. The molecule has 0 aliphatic heterocycles. The molecule has 1 nitrogen and oxygen atoms in total. The van der Waals surface area contributed by atoms with Crippen LogP contribution in [0, 0.1) is 18.6 Å². The summed E-state index contributed by atoms with van der Waals surface area (Å²) in [5.41, 5.74) is 1.41. The number of nitrogens with one attached hydrogen (secondary N) is 1. The molecule has 1 atom stereocenters. The highest BCUT2D eigenvalue weighted by Gasteiger charge is 2.23. The third kappa shape index (κ3) is 3.04. The van der Waals surface area contributed by atoms with Crippen LogP contribution in [0.4, 0.5) is 8.78 Å². The zero-order chi connectivity index (χ0) is 14.0. The summed E-state index contributed by atoms with van der Waals surface area (Å²) in [6.07, 6.45) is 0. The first-order valence-electron chi connectivity index (χ1n) is 5.96. The van der Waals surface area contributed by atoms with Crippen LogP contribution in [0.3, 0.4) is 0 Å². The van der Waals surface area contributed by atoms with Crippen LogP contribution < -0.4 is 5.32 Å². The second kappa shape index (κ2) is 6.11. The van der Waals surface area contributed by atoms with E-state index in [-0.39, 0.29) is 5.56 Å². The van der Waals surface area contributed by atoms with E-state index in [9.17, 15) is 8.78 Å². The summed E-state index contributed by atoms with van der Waals surface area (Å²) < 4.78 is 29.2. The van der Waals surface area contributed by atoms with Crippen LogP contribution in [0.2, 0.25) is 0 Å². The fraction of sp³-hybridized carbons (Fsp3) is 0.286. The lowest BCUT2D eigenvalue weighted by atomic mass is 9.98. The molecule has 1 aromatic carbocycles. The van der Waals surface area contributed by atoms with Crippen molar-refractivity contribution < 1.29 is 8.78 Å². The van der Waals surface area contributed by atoms with Gasteiger partial charge in [-0.25, -0.2) is 8.78 Å². The van der Waals surface area contributed by atoms with Gasteiger partial charge in [-0.05, 0) is 58.0 Å². The molecule has 2 aromatic rings. The Bertz CT molecular complexity index is 583. The normalized spacial score (nSPS) is 12.7. The molecule has 102 valence electrons. The van der Waals surface area contributed by atoms with Crippen molar-refractivity contribution in [1.82, 2.24) is 5.32 Å². The van der Waals surface area contributed by atoms with E-state index in [2.05, 4.69) is 21.2 Å². The lowest BCUT2D eigenvalue weighted by Crippen LogP contribution is -2.24. The van der Waals surface area contributed by atoms with Gasteiger partial charge in [-0.2, -0.15) is 0 Å². The van der Waals surface area contributed by atoms with Crippen molar-refractivity contribution >= 4 is 27.3 Å². The van der Waals surface area contributed by atoms with Gasteiger partial charge in [-0.15, -0.1) is 11.3 Å². The Balaban J connectivity index is 2.53. The van der Waals surface area contributed by atoms with E-state index in [0.717, 1.165) is 9.35 Å². The summed E-state index contributed by atoms with van der Waals surface area (Å²) >= 11 is 4.88. The van der Waals surface area contributed by atoms with E-state index in [1.54, 1.807) is 6.92 Å². The zero-order valence-electron chi connectivity index (χ0n) is 10.6. The molecule has 5 heteroatoms. The average Bonchev–Trinajstić information content (AvgIpc) is 2.80. The van der Waals surface area contributed by atoms with Gasteiger partial charge in [0.2, 0.25) is 0 Å². The van der Waals surface area contributed by atoms with Gasteiger partial charge in [0.1, 0.15) is 11.6 Å². The second-order valence-electron chi connectivity index (χ2n) is 4.27. The van der Waals surface area contributed by atoms with Crippen LogP contribution >= 0.6 is 27.3 Å². The molecule has 1 aromatic heterocycles. The minimum absolute atomic E-state index is 0.0900. The average molecular weight is 346 g/mol. The Hall–Kier alpha value is -0.780. The highest BCUT2D eigenvalue weighted by molar-refractivity contribution is 9.11. The Morgan fingerprint density at radius 2 is 2.11 bits per heavy atom. The van der Waals surface area contributed by atoms with Crippen molar-refractivity contribution in [2.24, 2.45) is 0 Å². The molecule has 0 saturated heterocycles. The molecule has 0 bridgehead atoms. The van der Waals surface area contributed by atoms with Crippen LogP contribution in [-0.2, 0) is 0 Å². The quantitative estimate of drug-likeness (QED) is 0.839. The predicted octanol–water partition coefficient (Wildman–Crippen LogP) is 4.80. The number of thiophene rings is 1. The van der Waals surface area contributed by atoms with Crippen LogP contribution in [0.25, 0.3) is 0 Å². The maximum absolute atomic E-state index is 14.2. The molecule has 1 N–H and O–H groups in total. The van der Waals surface area contributed by atoms with Crippen molar-refractivity contribution in [1.29, 1.82) is 0 Å². The monoisotopic (exact) mass is 345 g/mol. The summed E-state index contributed by atoms with van der Waals surface area (Å²) in [5, 5.41) is 5.04. The Morgan fingerprint density at radius 1 is 1.37 bits per heavy atom. The molecule has 1 unspecified atom stereocenters. The molecular formula is C14H14BrF2NS. The lowest BCUT2D eigenvalue weighted by molar-refractivity contribution is 0.507. The third-order valence-corrected chi connectivity index (χ3v) is 4.46. The van der Waals surface area contributed by atoms with Gasteiger partial charge in [0.25, 0.3) is 0 Å². The van der Waals surface area contributed by atoms with E-state index >= 15 is 0 Å². The van der Waals surface area contributed by atoms with Gasteiger partial charge in [0.15, 0.2) is 0 Å². The molecule has 1 heterocycles. The largest absolute Gasteiger partial charge is 0.306 e. The number of hydrogen-bond donors (Lipinski definition) is 1. The number of aryl methyl sites for hydroxylation is 1. The fourth-order valence-corrected chi connectivity index (χ4v) is 3.21. The maximum Gasteiger partial charge on any atom is 0.134 e. The Kier molecular flexibility index (Phi) is 4.71. The van der Waals surface area contributed by atoms with Crippen LogP contribution in [0.5, 0.6) is 0 Å². The van der Waals surface area contributed by atoms with Crippen LogP contribution in [-0.4, -0.2) is 6.54 Å². The summed E-state index contributed by atoms with van der Waals surface area (Å²) in [4.78, 5) is 0. The third-order valence-electron chi connectivity index (χ3n) is 2.94. The van der Waals surface area contributed by atoms with Crippen LogP contribution in [0.1, 0.15) is 29.7 Å². The number of benzene rings is 1. The SMILES string of the molecule is CCNC(c1csc(Br)c1)c1c(F)ccc(C)c1F. The molecule has 0 aliphatic rings. The van der Waals surface area contributed by atoms with Gasteiger partial charge in [-0.3, -0.25) is 0 Å². The standard InChI is InChI=1S/C14H14BrF2NS/c1-3-18-14(9-6-11(15)19-7-9)12-10(16)5-4-8(2)13(12)17/h4-7,14,18H,3H2,1-2H3. The first kappa shape index (κ1) is 14.6. The zero-order valence-corrected chi connectivity index (χ0v) is 13.0. The summed E-state index contributed by atoms with van der Waals surface area (Å²) in [6, 6.07) is 4.20. The van der Waals surface area contributed by atoms with Gasteiger partial charge in [0, 0.05) is 5.56 Å². The molecule has 0 amide bonds. The highest BCUT2D eigenvalue weighted by atomic mass is 79.9. The second-order valence-corrected chi connectivity index (χ2v) is 6.56. The minimum Gasteiger partial charge on any atom is -0.306 e. The van der Waals surface area contributed by atoms with Crippen molar-refractivity contribution in [2.45, 2.75) is 19.9 Å². The highest BCUT2D eigenvalue weighted by Crippen LogP contribution is 2.32. The van der Waals surface area contributed by atoms with E-state index in [0.29, 0.717) is 12.1 Å². The van der Waals surface area contributed by atoms with Crippen molar-refractivity contribution in [3.05, 3.63) is 55.7 Å². The summed E-state index contributed by atoms with van der Waals surface area (Å²) in [6.45, 7) is 4.19. The molecule has 0 radical (unpaired) electrons. The molecule has 0 spiro atoms. The van der Waals surface area contributed by atoms with Gasteiger partial charge in [0.05, 0.1) is 9.83 Å². The molecular weight excluding hydrogens is 332 g/mol.